The van der Waals surface area contributed by atoms with E-state index in [4.69, 9.17) is 0 Å². The number of hydrogen-bond donors (Lipinski definition) is 0. The molecule has 0 amide bonds. The molecule has 3 heteroatoms. The molecule has 0 nitrogen and oxygen atoms in total. The van der Waals surface area contributed by atoms with E-state index >= 15 is 0 Å². The average Bonchev–Trinajstić information content (AvgIpc) is 2.94. The van der Waals surface area contributed by atoms with Crippen LogP contribution in [0.5, 0.6) is 0 Å². The Balaban J connectivity index is 2.23. The lowest BCUT2D eigenvalue weighted by atomic mass is 10.1. The fourth-order valence-corrected chi connectivity index (χ4v) is 1.52. The summed E-state index contributed by atoms with van der Waals surface area (Å²) in [4.78, 5) is 0. The second kappa shape index (κ2) is 3.55. The predicted octanol–water partition coefficient (Wildman–Crippen LogP) is 3.69. The molecule has 0 heterocycles. The molecule has 1 aliphatic carbocycles. The molecule has 0 aromatic heterocycles. The lowest BCUT2D eigenvalue weighted by Gasteiger charge is -2.11. The summed E-state index contributed by atoms with van der Waals surface area (Å²) in [7, 11) is 0. The molecular weight excluding hydrogens is 213 g/mol. The topological polar surface area (TPSA) is 0 Å². The zero-order chi connectivity index (χ0) is 11.8. The minimum atomic E-state index is -4.19. The molecule has 16 heavy (non-hydrogen) atoms. The summed E-state index contributed by atoms with van der Waals surface area (Å²) in [5, 5.41) is 0. The van der Waals surface area contributed by atoms with Gasteiger partial charge in [-0.3, -0.25) is 0 Å². The minimum absolute atomic E-state index is 0.134. The molecule has 1 aliphatic rings. The van der Waals surface area contributed by atoms with Gasteiger partial charge in [0.1, 0.15) is 5.41 Å². The second-order valence-electron chi connectivity index (χ2n) is 4.20. The standard InChI is InChI=1S/C13H11F3/c1-10-3-2-4-11(9-10)5-6-12(7-8-12)13(14,15)16/h2-4,9H,7-8H2,1H3. The van der Waals surface area contributed by atoms with E-state index in [1.165, 1.54) is 0 Å². The number of hydrogen-bond acceptors (Lipinski definition) is 0. The number of halogens is 3. The first-order chi connectivity index (χ1) is 7.43. The van der Waals surface area contributed by atoms with Gasteiger partial charge in [0.05, 0.1) is 0 Å². The monoisotopic (exact) mass is 224 g/mol. The molecule has 0 N–H and O–H groups in total. The first kappa shape index (κ1) is 11.1. The van der Waals surface area contributed by atoms with Gasteiger partial charge in [0.15, 0.2) is 0 Å². The molecule has 0 saturated heterocycles. The van der Waals surface area contributed by atoms with Gasteiger partial charge in [0.2, 0.25) is 0 Å². The van der Waals surface area contributed by atoms with Crippen LogP contribution < -0.4 is 0 Å². The Morgan fingerprint density at radius 2 is 1.94 bits per heavy atom. The van der Waals surface area contributed by atoms with Gasteiger partial charge in [-0.1, -0.05) is 24.0 Å². The molecule has 0 radical (unpaired) electrons. The van der Waals surface area contributed by atoms with Crippen LogP contribution in [0, 0.1) is 24.2 Å². The van der Waals surface area contributed by atoms with Gasteiger partial charge < -0.3 is 0 Å². The van der Waals surface area contributed by atoms with Crippen LogP contribution in [0.25, 0.3) is 0 Å². The average molecular weight is 224 g/mol. The van der Waals surface area contributed by atoms with Crippen molar-refractivity contribution in [2.45, 2.75) is 25.9 Å². The maximum Gasteiger partial charge on any atom is 0.405 e. The lowest BCUT2D eigenvalue weighted by Crippen LogP contribution is -2.22. The number of alkyl halides is 3. The van der Waals surface area contributed by atoms with Crippen molar-refractivity contribution in [2.75, 3.05) is 0 Å². The highest BCUT2D eigenvalue weighted by Crippen LogP contribution is 2.57. The van der Waals surface area contributed by atoms with Gasteiger partial charge in [0.25, 0.3) is 0 Å². The molecule has 1 aromatic rings. The van der Waals surface area contributed by atoms with Crippen LogP contribution >= 0.6 is 0 Å². The molecule has 1 saturated carbocycles. The number of benzene rings is 1. The van der Waals surface area contributed by atoms with Crippen molar-refractivity contribution in [3.63, 3.8) is 0 Å². The molecule has 84 valence electrons. The SMILES string of the molecule is Cc1cccc(C#CC2(C(F)(F)F)CC2)c1. The van der Waals surface area contributed by atoms with Gasteiger partial charge >= 0.3 is 6.18 Å². The minimum Gasteiger partial charge on any atom is -0.169 e. The highest BCUT2D eigenvalue weighted by atomic mass is 19.4. The van der Waals surface area contributed by atoms with Crippen LogP contribution in [0.1, 0.15) is 24.0 Å². The maximum atomic E-state index is 12.6. The third-order valence-electron chi connectivity index (χ3n) is 2.76. The molecule has 0 aliphatic heterocycles. The summed E-state index contributed by atoms with van der Waals surface area (Å²) in [5.41, 5.74) is -0.0734. The van der Waals surface area contributed by atoms with E-state index in [9.17, 15) is 13.2 Å². The Kier molecular flexibility index (Phi) is 2.46. The van der Waals surface area contributed by atoms with Crippen LogP contribution in [0.3, 0.4) is 0 Å². The van der Waals surface area contributed by atoms with E-state index in [1.807, 2.05) is 13.0 Å². The summed E-state index contributed by atoms with van der Waals surface area (Å²) in [6.45, 7) is 1.89. The highest BCUT2D eigenvalue weighted by molar-refractivity contribution is 5.39. The van der Waals surface area contributed by atoms with Crippen LogP contribution in [0.2, 0.25) is 0 Å². The van der Waals surface area contributed by atoms with Crippen molar-refractivity contribution < 1.29 is 13.2 Å². The Morgan fingerprint density at radius 1 is 1.25 bits per heavy atom. The molecule has 0 unspecified atom stereocenters. The van der Waals surface area contributed by atoms with Gasteiger partial charge in [-0.15, -0.1) is 0 Å². The summed E-state index contributed by atoms with van der Waals surface area (Å²) in [5.74, 6) is 5.00. The summed E-state index contributed by atoms with van der Waals surface area (Å²) in [6.07, 6.45) is -3.92. The van der Waals surface area contributed by atoms with Crippen molar-refractivity contribution in [2.24, 2.45) is 5.41 Å². The molecule has 2 rings (SSSR count). The fraction of sp³-hybridized carbons (Fsp3) is 0.385. The van der Waals surface area contributed by atoms with E-state index < -0.39 is 11.6 Å². The Bertz CT molecular complexity index is 456. The van der Waals surface area contributed by atoms with E-state index in [2.05, 4.69) is 11.8 Å². The first-order valence-electron chi connectivity index (χ1n) is 5.10. The fourth-order valence-electron chi connectivity index (χ4n) is 1.52. The van der Waals surface area contributed by atoms with Gasteiger partial charge in [-0.2, -0.15) is 13.2 Å². The van der Waals surface area contributed by atoms with E-state index in [1.54, 1.807) is 18.2 Å². The molecule has 0 atom stereocenters. The van der Waals surface area contributed by atoms with E-state index in [-0.39, 0.29) is 12.8 Å². The zero-order valence-corrected chi connectivity index (χ0v) is 8.86. The van der Waals surface area contributed by atoms with Crippen molar-refractivity contribution in [1.29, 1.82) is 0 Å². The van der Waals surface area contributed by atoms with Crippen molar-refractivity contribution >= 4 is 0 Å². The number of aryl methyl sites for hydroxylation is 1. The molecule has 1 fully saturated rings. The largest absolute Gasteiger partial charge is 0.405 e. The van der Waals surface area contributed by atoms with Gasteiger partial charge in [0, 0.05) is 5.56 Å². The smallest absolute Gasteiger partial charge is 0.169 e. The Hall–Kier alpha value is -1.43. The predicted molar refractivity (Wildman–Crippen MR) is 55.8 cm³/mol. The highest BCUT2D eigenvalue weighted by Gasteiger charge is 2.62. The van der Waals surface area contributed by atoms with Crippen LogP contribution in [-0.4, -0.2) is 6.18 Å². The summed E-state index contributed by atoms with van der Waals surface area (Å²) >= 11 is 0. The normalized spacial score (nSPS) is 17.5. The van der Waals surface area contributed by atoms with Crippen LogP contribution in [-0.2, 0) is 0 Å². The first-order valence-corrected chi connectivity index (χ1v) is 5.10. The molecule has 0 spiro atoms. The van der Waals surface area contributed by atoms with Gasteiger partial charge in [-0.05, 0) is 37.5 Å². The van der Waals surface area contributed by atoms with Crippen molar-refractivity contribution in [3.8, 4) is 11.8 Å². The summed E-state index contributed by atoms with van der Waals surface area (Å²) in [6, 6.07) is 7.21. The third kappa shape index (κ3) is 2.06. The maximum absolute atomic E-state index is 12.6. The van der Waals surface area contributed by atoms with Crippen LogP contribution in [0.4, 0.5) is 13.2 Å². The van der Waals surface area contributed by atoms with Crippen LogP contribution in [0.15, 0.2) is 24.3 Å². The number of rotatable bonds is 0. The van der Waals surface area contributed by atoms with Crippen molar-refractivity contribution in [1.82, 2.24) is 0 Å². The molecule has 0 bridgehead atoms. The summed E-state index contributed by atoms with van der Waals surface area (Å²) < 4.78 is 37.7. The van der Waals surface area contributed by atoms with E-state index in [0.717, 1.165) is 5.56 Å². The zero-order valence-electron chi connectivity index (χ0n) is 8.86. The Labute approximate surface area is 92.5 Å². The lowest BCUT2D eigenvalue weighted by molar-refractivity contribution is -0.168. The van der Waals surface area contributed by atoms with E-state index in [0.29, 0.717) is 5.56 Å². The quantitative estimate of drug-likeness (QED) is 0.589. The Morgan fingerprint density at radius 3 is 2.44 bits per heavy atom. The second-order valence-corrected chi connectivity index (χ2v) is 4.20. The molecular formula is C13H11F3. The molecule has 1 aromatic carbocycles. The third-order valence-corrected chi connectivity index (χ3v) is 2.76. The van der Waals surface area contributed by atoms with Crippen molar-refractivity contribution in [3.05, 3.63) is 35.4 Å². The van der Waals surface area contributed by atoms with Gasteiger partial charge in [-0.25, -0.2) is 0 Å².